The SMILES string of the molecule is CC(C)C1(c2cncc(-c3ccc(NC(=O)[C@H](C)O)nc3)n2)CC[C@H](C)c2cc(-c3c(F)cccc3F)nnc21. The molecule has 1 amide bonds. The van der Waals surface area contributed by atoms with Crippen molar-refractivity contribution in [1.82, 2.24) is 25.1 Å². The molecule has 5 rings (SSSR count). The minimum absolute atomic E-state index is 0.0600. The van der Waals surface area contributed by atoms with Crippen molar-refractivity contribution < 1.29 is 18.7 Å². The second-order valence-electron chi connectivity index (χ2n) is 10.6. The zero-order valence-corrected chi connectivity index (χ0v) is 22.7. The average Bonchev–Trinajstić information content (AvgIpc) is 2.94. The van der Waals surface area contributed by atoms with Gasteiger partial charge in [0.05, 0.1) is 40.0 Å². The Morgan fingerprint density at radius 3 is 2.45 bits per heavy atom. The van der Waals surface area contributed by atoms with Crippen molar-refractivity contribution in [2.45, 2.75) is 58.0 Å². The number of rotatable bonds is 6. The van der Waals surface area contributed by atoms with Gasteiger partial charge in [-0.05, 0) is 67.5 Å². The molecule has 3 aromatic heterocycles. The smallest absolute Gasteiger partial charge is 0.254 e. The van der Waals surface area contributed by atoms with Crippen LogP contribution in [0, 0.1) is 17.6 Å². The average molecular weight is 545 g/mol. The number of halogens is 2. The van der Waals surface area contributed by atoms with Gasteiger partial charge in [-0.25, -0.2) is 18.7 Å². The number of pyridine rings is 1. The van der Waals surface area contributed by atoms with Gasteiger partial charge in [-0.2, -0.15) is 5.10 Å². The molecule has 10 heteroatoms. The van der Waals surface area contributed by atoms with E-state index in [1.807, 2.05) is 0 Å². The first-order valence-electron chi connectivity index (χ1n) is 13.2. The van der Waals surface area contributed by atoms with Crippen LogP contribution in [0.2, 0.25) is 0 Å². The molecule has 1 aromatic carbocycles. The highest BCUT2D eigenvalue weighted by Gasteiger charge is 2.46. The first-order valence-corrected chi connectivity index (χ1v) is 13.2. The topological polar surface area (TPSA) is 114 Å². The zero-order chi connectivity index (χ0) is 28.6. The van der Waals surface area contributed by atoms with Crippen molar-refractivity contribution >= 4 is 11.7 Å². The summed E-state index contributed by atoms with van der Waals surface area (Å²) in [7, 11) is 0. The normalized spacial score (nSPS) is 19.2. The van der Waals surface area contributed by atoms with Gasteiger partial charge in [0.15, 0.2) is 0 Å². The van der Waals surface area contributed by atoms with Crippen LogP contribution in [0.5, 0.6) is 0 Å². The Balaban J connectivity index is 1.57. The van der Waals surface area contributed by atoms with E-state index in [9.17, 15) is 18.7 Å². The second-order valence-corrected chi connectivity index (χ2v) is 10.6. The summed E-state index contributed by atoms with van der Waals surface area (Å²) in [6.45, 7) is 7.66. The minimum atomic E-state index is -1.15. The lowest BCUT2D eigenvalue weighted by Gasteiger charge is -2.42. The van der Waals surface area contributed by atoms with Crippen molar-refractivity contribution in [2.75, 3.05) is 5.32 Å². The van der Waals surface area contributed by atoms with Gasteiger partial charge >= 0.3 is 0 Å². The van der Waals surface area contributed by atoms with Crippen LogP contribution in [-0.4, -0.2) is 42.3 Å². The minimum Gasteiger partial charge on any atom is -0.384 e. The lowest BCUT2D eigenvalue weighted by Crippen LogP contribution is -2.40. The molecule has 8 nitrogen and oxygen atoms in total. The van der Waals surface area contributed by atoms with Crippen LogP contribution < -0.4 is 5.32 Å². The Bertz CT molecular complexity index is 1540. The fourth-order valence-corrected chi connectivity index (χ4v) is 5.39. The lowest BCUT2D eigenvalue weighted by atomic mass is 9.62. The number of amides is 1. The maximum atomic E-state index is 14.6. The molecule has 0 radical (unpaired) electrons. The molecule has 0 fully saturated rings. The maximum Gasteiger partial charge on any atom is 0.254 e. The highest BCUT2D eigenvalue weighted by molar-refractivity contribution is 5.92. The van der Waals surface area contributed by atoms with Crippen LogP contribution in [0.25, 0.3) is 22.5 Å². The van der Waals surface area contributed by atoms with E-state index in [0.717, 1.165) is 29.8 Å². The van der Waals surface area contributed by atoms with Gasteiger partial charge in [-0.15, -0.1) is 5.10 Å². The molecule has 0 bridgehead atoms. The predicted octanol–water partition coefficient (Wildman–Crippen LogP) is 5.43. The molecule has 40 heavy (non-hydrogen) atoms. The second kappa shape index (κ2) is 10.8. The first kappa shape index (κ1) is 27.4. The Morgan fingerprint density at radius 1 is 1.05 bits per heavy atom. The summed E-state index contributed by atoms with van der Waals surface area (Å²) in [4.78, 5) is 25.5. The summed E-state index contributed by atoms with van der Waals surface area (Å²) in [5.41, 5.74) is 2.99. The number of carbonyl (C=O) groups excluding carboxylic acids is 1. The van der Waals surface area contributed by atoms with E-state index in [4.69, 9.17) is 4.98 Å². The number of nitrogens with one attached hydrogen (secondary N) is 1. The van der Waals surface area contributed by atoms with Gasteiger partial charge in [0.25, 0.3) is 5.91 Å². The molecule has 4 aromatic rings. The first-order chi connectivity index (χ1) is 19.1. The van der Waals surface area contributed by atoms with Crippen molar-refractivity contribution in [3.8, 4) is 22.5 Å². The van der Waals surface area contributed by atoms with Crippen LogP contribution in [0.15, 0.2) is 55.0 Å². The van der Waals surface area contributed by atoms with Crippen LogP contribution in [0.1, 0.15) is 63.4 Å². The fourth-order valence-electron chi connectivity index (χ4n) is 5.39. The van der Waals surface area contributed by atoms with Gasteiger partial charge in [0.1, 0.15) is 23.6 Å². The molecular formula is C30H30F2N6O2. The highest BCUT2D eigenvalue weighted by Crippen LogP contribution is 2.50. The van der Waals surface area contributed by atoms with Crippen LogP contribution in [0.3, 0.4) is 0 Å². The molecule has 1 aliphatic rings. The van der Waals surface area contributed by atoms with Gasteiger partial charge < -0.3 is 10.4 Å². The number of anilines is 1. The van der Waals surface area contributed by atoms with E-state index in [-0.39, 0.29) is 23.1 Å². The number of benzene rings is 1. The molecule has 1 unspecified atom stereocenters. The Labute approximate surface area is 231 Å². The maximum absolute atomic E-state index is 14.6. The van der Waals surface area contributed by atoms with Crippen LogP contribution in [0.4, 0.5) is 14.6 Å². The summed E-state index contributed by atoms with van der Waals surface area (Å²) in [6, 6.07) is 8.91. The number of nitrogens with zero attached hydrogens (tertiary/aromatic N) is 5. The lowest BCUT2D eigenvalue weighted by molar-refractivity contribution is -0.123. The van der Waals surface area contributed by atoms with E-state index in [1.165, 1.54) is 25.1 Å². The van der Waals surface area contributed by atoms with E-state index in [1.54, 1.807) is 36.8 Å². The molecular weight excluding hydrogens is 514 g/mol. The van der Waals surface area contributed by atoms with Crippen molar-refractivity contribution in [3.05, 3.63) is 83.6 Å². The zero-order valence-electron chi connectivity index (χ0n) is 22.7. The summed E-state index contributed by atoms with van der Waals surface area (Å²) >= 11 is 0. The molecule has 0 saturated carbocycles. The fraction of sp³-hybridized carbons (Fsp3) is 0.333. The third kappa shape index (κ3) is 4.83. The van der Waals surface area contributed by atoms with E-state index in [2.05, 4.69) is 46.3 Å². The quantitative estimate of drug-likeness (QED) is 0.333. The molecule has 2 N–H and O–H groups in total. The predicted molar refractivity (Wildman–Crippen MR) is 146 cm³/mol. The third-order valence-electron chi connectivity index (χ3n) is 7.73. The molecule has 3 atom stereocenters. The number of aromatic nitrogens is 5. The summed E-state index contributed by atoms with van der Waals surface area (Å²) in [6.07, 6.45) is 5.38. The molecule has 206 valence electrons. The summed E-state index contributed by atoms with van der Waals surface area (Å²) in [5.74, 6) is -1.44. The third-order valence-corrected chi connectivity index (χ3v) is 7.73. The number of hydrogen-bond acceptors (Lipinski definition) is 7. The monoisotopic (exact) mass is 544 g/mol. The Hall–Kier alpha value is -4.18. The van der Waals surface area contributed by atoms with Crippen molar-refractivity contribution in [1.29, 1.82) is 0 Å². The molecule has 3 heterocycles. The number of fused-ring (bicyclic) bond motifs is 1. The summed E-state index contributed by atoms with van der Waals surface area (Å²) < 4.78 is 29.2. The van der Waals surface area contributed by atoms with Gasteiger partial charge in [0.2, 0.25) is 0 Å². The largest absolute Gasteiger partial charge is 0.384 e. The molecule has 0 saturated heterocycles. The van der Waals surface area contributed by atoms with E-state index < -0.39 is 29.1 Å². The standard InChI is InChI=1S/C30H30F2N6O2/c1-16(2)30(25-15-33-14-24(35-25)19-8-9-26(34-13-19)36-29(40)18(4)39)11-10-17(3)20-12-23(37-38-28(20)30)27-21(31)6-5-7-22(27)32/h5-9,12-18,39H,10-11H2,1-4H3,(H,34,36,40)/t17-,18-,30?/m0/s1. The van der Waals surface area contributed by atoms with Crippen LogP contribution >= 0.6 is 0 Å². The van der Waals surface area contributed by atoms with E-state index in [0.29, 0.717) is 17.1 Å². The summed E-state index contributed by atoms with van der Waals surface area (Å²) in [5, 5.41) is 20.9. The van der Waals surface area contributed by atoms with Gasteiger partial charge in [0, 0.05) is 18.0 Å². The molecule has 0 aliphatic heterocycles. The Kier molecular flexibility index (Phi) is 7.37. The Morgan fingerprint density at radius 2 is 1.80 bits per heavy atom. The molecule has 1 aliphatic carbocycles. The number of aliphatic hydroxyl groups excluding tert-OH is 1. The molecule has 0 spiro atoms. The highest BCUT2D eigenvalue weighted by atomic mass is 19.1. The number of hydrogen-bond donors (Lipinski definition) is 2. The van der Waals surface area contributed by atoms with Crippen LogP contribution in [-0.2, 0) is 10.2 Å². The van der Waals surface area contributed by atoms with E-state index >= 15 is 0 Å². The number of aliphatic hydroxyl groups is 1. The van der Waals surface area contributed by atoms with Crippen molar-refractivity contribution in [3.63, 3.8) is 0 Å². The van der Waals surface area contributed by atoms with Gasteiger partial charge in [-0.1, -0.05) is 26.8 Å². The van der Waals surface area contributed by atoms with Gasteiger partial charge in [-0.3, -0.25) is 9.78 Å². The number of carbonyl (C=O) groups is 1. The van der Waals surface area contributed by atoms with Crippen molar-refractivity contribution in [2.24, 2.45) is 5.92 Å².